The molecule has 0 radical (unpaired) electrons. The van der Waals surface area contributed by atoms with Crippen LogP contribution in [-0.4, -0.2) is 43.8 Å². The molecule has 108 valence electrons. The second kappa shape index (κ2) is 6.62. The Bertz CT molecular complexity index is 484. The molecule has 0 aliphatic carbocycles. The standard InChI is InChI=1S/C12H13NO7/c14-9(15)4-12(19,5-10(16)17)11(18)20-7-8-2-1-3-13-6-8/h1-3,6,19H,4-5,7H2,(H,14,15)(H,16,17). The molecule has 1 aromatic rings. The third-order valence-corrected chi connectivity index (χ3v) is 2.36. The van der Waals surface area contributed by atoms with Crippen LogP contribution in [0.5, 0.6) is 0 Å². The highest BCUT2D eigenvalue weighted by Gasteiger charge is 2.42. The molecule has 0 saturated carbocycles. The van der Waals surface area contributed by atoms with Gasteiger partial charge < -0.3 is 20.1 Å². The minimum absolute atomic E-state index is 0.242. The van der Waals surface area contributed by atoms with Crippen LogP contribution in [0, 0.1) is 0 Å². The van der Waals surface area contributed by atoms with E-state index in [0.29, 0.717) is 5.56 Å². The number of pyridine rings is 1. The summed E-state index contributed by atoms with van der Waals surface area (Å²) in [6.45, 7) is -0.242. The van der Waals surface area contributed by atoms with Gasteiger partial charge in [0.25, 0.3) is 0 Å². The third-order valence-electron chi connectivity index (χ3n) is 2.36. The van der Waals surface area contributed by atoms with E-state index >= 15 is 0 Å². The molecule has 0 amide bonds. The largest absolute Gasteiger partial charge is 0.481 e. The van der Waals surface area contributed by atoms with Gasteiger partial charge in [0.15, 0.2) is 5.60 Å². The molecule has 0 fully saturated rings. The summed E-state index contributed by atoms with van der Waals surface area (Å²) in [6.07, 6.45) is 0.827. The Morgan fingerprint density at radius 1 is 1.20 bits per heavy atom. The Labute approximate surface area is 113 Å². The zero-order valence-corrected chi connectivity index (χ0v) is 10.4. The molecule has 0 atom stereocenters. The van der Waals surface area contributed by atoms with Crippen LogP contribution in [0.15, 0.2) is 24.5 Å². The van der Waals surface area contributed by atoms with E-state index in [1.807, 2.05) is 0 Å². The van der Waals surface area contributed by atoms with Gasteiger partial charge >= 0.3 is 17.9 Å². The maximum absolute atomic E-state index is 11.7. The number of carboxylic acid groups (broad SMARTS) is 2. The molecular weight excluding hydrogens is 270 g/mol. The fourth-order valence-electron chi connectivity index (χ4n) is 1.47. The second-order valence-electron chi connectivity index (χ2n) is 4.11. The zero-order chi connectivity index (χ0) is 15.2. The van der Waals surface area contributed by atoms with E-state index in [-0.39, 0.29) is 6.61 Å². The van der Waals surface area contributed by atoms with Crippen LogP contribution < -0.4 is 0 Å². The fourth-order valence-corrected chi connectivity index (χ4v) is 1.47. The topological polar surface area (TPSA) is 134 Å². The lowest BCUT2D eigenvalue weighted by Gasteiger charge is -2.22. The molecule has 0 aliphatic rings. The van der Waals surface area contributed by atoms with Crippen LogP contribution >= 0.6 is 0 Å². The Morgan fingerprint density at radius 2 is 1.80 bits per heavy atom. The van der Waals surface area contributed by atoms with E-state index in [0.717, 1.165) is 0 Å². The Kier molecular flexibility index (Phi) is 5.15. The maximum Gasteiger partial charge on any atom is 0.339 e. The van der Waals surface area contributed by atoms with Crippen molar-refractivity contribution in [3.05, 3.63) is 30.1 Å². The number of carboxylic acids is 2. The molecule has 8 nitrogen and oxygen atoms in total. The van der Waals surface area contributed by atoms with Crippen molar-refractivity contribution >= 4 is 17.9 Å². The molecule has 0 aliphatic heterocycles. The predicted molar refractivity (Wildman–Crippen MR) is 63.5 cm³/mol. The van der Waals surface area contributed by atoms with Crippen LogP contribution in [0.1, 0.15) is 18.4 Å². The monoisotopic (exact) mass is 283 g/mol. The molecule has 1 rings (SSSR count). The van der Waals surface area contributed by atoms with Crippen molar-refractivity contribution in [2.75, 3.05) is 0 Å². The molecule has 8 heteroatoms. The van der Waals surface area contributed by atoms with Gasteiger partial charge in [-0.15, -0.1) is 0 Å². The minimum atomic E-state index is -2.60. The van der Waals surface area contributed by atoms with Crippen LogP contribution in [0.4, 0.5) is 0 Å². The number of hydrogen-bond acceptors (Lipinski definition) is 6. The summed E-state index contributed by atoms with van der Waals surface area (Å²) in [5.74, 6) is -4.31. The Hall–Kier alpha value is -2.48. The maximum atomic E-state index is 11.7. The zero-order valence-electron chi connectivity index (χ0n) is 10.4. The lowest BCUT2D eigenvalue weighted by molar-refractivity contribution is -0.176. The highest BCUT2D eigenvalue weighted by atomic mass is 16.6. The molecule has 0 aromatic carbocycles. The van der Waals surface area contributed by atoms with Crippen molar-refractivity contribution in [1.29, 1.82) is 0 Å². The number of carbonyl (C=O) groups excluding carboxylic acids is 1. The van der Waals surface area contributed by atoms with Gasteiger partial charge in [-0.3, -0.25) is 14.6 Å². The average molecular weight is 283 g/mol. The highest BCUT2D eigenvalue weighted by Crippen LogP contribution is 2.19. The average Bonchev–Trinajstić information content (AvgIpc) is 2.35. The molecular formula is C12H13NO7. The van der Waals surface area contributed by atoms with Crippen LogP contribution in [0.25, 0.3) is 0 Å². The van der Waals surface area contributed by atoms with Gasteiger partial charge in [-0.25, -0.2) is 4.79 Å². The van der Waals surface area contributed by atoms with Crippen LogP contribution in [0.2, 0.25) is 0 Å². The van der Waals surface area contributed by atoms with Gasteiger partial charge in [-0.1, -0.05) is 6.07 Å². The number of aliphatic carboxylic acids is 2. The molecule has 0 bridgehead atoms. The van der Waals surface area contributed by atoms with Gasteiger partial charge in [-0.2, -0.15) is 0 Å². The first kappa shape index (κ1) is 15.6. The summed E-state index contributed by atoms with van der Waals surface area (Å²) in [7, 11) is 0. The number of hydrogen-bond donors (Lipinski definition) is 3. The first-order valence-electron chi connectivity index (χ1n) is 5.55. The van der Waals surface area contributed by atoms with Crippen molar-refractivity contribution in [3.63, 3.8) is 0 Å². The van der Waals surface area contributed by atoms with E-state index in [1.165, 1.54) is 12.4 Å². The molecule has 1 aromatic heterocycles. The summed E-state index contributed by atoms with van der Waals surface area (Å²) in [4.78, 5) is 36.7. The van der Waals surface area contributed by atoms with E-state index in [2.05, 4.69) is 4.98 Å². The van der Waals surface area contributed by atoms with Crippen LogP contribution in [0.3, 0.4) is 0 Å². The van der Waals surface area contributed by atoms with Gasteiger partial charge in [-0.05, 0) is 6.07 Å². The van der Waals surface area contributed by atoms with E-state index in [9.17, 15) is 19.5 Å². The summed E-state index contributed by atoms with van der Waals surface area (Å²) in [6, 6.07) is 3.21. The molecule has 0 spiro atoms. The summed E-state index contributed by atoms with van der Waals surface area (Å²) >= 11 is 0. The number of esters is 1. The fraction of sp³-hybridized carbons (Fsp3) is 0.333. The molecule has 1 heterocycles. The highest BCUT2D eigenvalue weighted by molar-refractivity contribution is 5.89. The molecule has 0 unspecified atom stereocenters. The molecule has 20 heavy (non-hydrogen) atoms. The lowest BCUT2D eigenvalue weighted by Crippen LogP contribution is -2.44. The van der Waals surface area contributed by atoms with Crippen molar-refractivity contribution in [3.8, 4) is 0 Å². The number of nitrogens with zero attached hydrogens (tertiary/aromatic N) is 1. The van der Waals surface area contributed by atoms with Gasteiger partial charge in [0.2, 0.25) is 0 Å². The predicted octanol–water partition coefficient (Wildman–Crippen LogP) is -0.195. The smallest absolute Gasteiger partial charge is 0.339 e. The number of aromatic nitrogens is 1. The van der Waals surface area contributed by atoms with Crippen LogP contribution in [-0.2, 0) is 25.7 Å². The number of carbonyl (C=O) groups is 3. The summed E-state index contributed by atoms with van der Waals surface area (Å²) in [5, 5.41) is 27.1. The lowest BCUT2D eigenvalue weighted by atomic mass is 9.96. The normalized spacial score (nSPS) is 10.8. The van der Waals surface area contributed by atoms with Crippen molar-refractivity contribution in [1.82, 2.24) is 4.98 Å². The third kappa shape index (κ3) is 4.65. The van der Waals surface area contributed by atoms with Crippen molar-refractivity contribution in [2.24, 2.45) is 0 Å². The Balaban J connectivity index is 2.73. The number of aliphatic hydroxyl groups is 1. The first-order valence-corrected chi connectivity index (χ1v) is 5.55. The van der Waals surface area contributed by atoms with E-state index < -0.39 is 36.4 Å². The molecule has 3 N–H and O–H groups in total. The molecule has 0 saturated heterocycles. The van der Waals surface area contributed by atoms with E-state index in [4.69, 9.17) is 14.9 Å². The van der Waals surface area contributed by atoms with E-state index in [1.54, 1.807) is 12.1 Å². The quantitative estimate of drug-likeness (QED) is 0.586. The minimum Gasteiger partial charge on any atom is -0.481 e. The summed E-state index contributed by atoms with van der Waals surface area (Å²) in [5.41, 5.74) is -2.08. The number of ether oxygens (including phenoxy) is 1. The van der Waals surface area contributed by atoms with Gasteiger partial charge in [0.1, 0.15) is 6.61 Å². The second-order valence-corrected chi connectivity index (χ2v) is 4.11. The van der Waals surface area contributed by atoms with Crippen molar-refractivity contribution < 1.29 is 34.4 Å². The Morgan fingerprint density at radius 3 is 2.25 bits per heavy atom. The summed E-state index contributed by atoms with van der Waals surface area (Å²) < 4.78 is 4.74. The first-order chi connectivity index (χ1) is 9.33. The van der Waals surface area contributed by atoms with Gasteiger partial charge in [0.05, 0.1) is 12.8 Å². The SMILES string of the molecule is O=C(O)CC(O)(CC(=O)O)C(=O)OCc1cccnc1. The number of rotatable bonds is 7. The van der Waals surface area contributed by atoms with Gasteiger partial charge in [0, 0.05) is 18.0 Å². The van der Waals surface area contributed by atoms with Crippen molar-refractivity contribution in [2.45, 2.75) is 25.0 Å².